The van der Waals surface area contributed by atoms with Gasteiger partial charge in [-0.2, -0.15) is 11.8 Å². The molecule has 0 bridgehead atoms. The molecule has 0 fully saturated rings. The van der Waals surface area contributed by atoms with Crippen LogP contribution in [0, 0.1) is 0 Å². The summed E-state index contributed by atoms with van der Waals surface area (Å²) in [5, 5.41) is 3.60. The number of amides is 2. The molecule has 0 aliphatic carbocycles. The van der Waals surface area contributed by atoms with Crippen LogP contribution < -0.4 is 5.32 Å². The van der Waals surface area contributed by atoms with Crippen molar-refractivity contribution in [2.45, 2.75) is 51.4 Å². The van der Waals surface area contributed by atoms with Crippen molar-refractivity contribution >= 4 is 35.2 Å². The van der Waals surface area contributed by atoms with E-state index in [-0.39, 0.29) is 11.8 Å². The Hall–Kier alpha value is -1.98. The summed E-state index contributed by atoms with van der Waals surface area (Å²) in [6.45, 7) is 4.98. The number of benzene rings is 2. The van der Waals surface area contributed by atoms with E-state index in [1.165, 1.54) is 5.56 Å². The van der Waals surface area contributed by atoms with E-state index in [4.69, 9.17) is 11.6 Å². The van der Waals surface area contributed by atoms with Crippen LogP contribution in [0.3, 0.4) is 0 Å². The number of carbonyl (C=O) groups is 2. The second kappa shape index (κ2) is 13.3. The van der Waals surface area contributed by atoms with Gasteiger partial charge >= 0.3 is 0 Å². The quantitative estimate of drug-likeness (QED) is 0.450. The Kier molecular flexibility index (Phi) is 10.8. The topological polar surface area (TPSA) is 49.4 Å². The van der Waals surface area contributed by atoms with E-state index in [2.05, 4.69) is 17.4 Å². The minimum Gasteiger partial charge on any atom is -0.354 e. The van der Waals surface area contributed by atoms with Crippen molar-refractivity contribution in [3.05, 3.63) is 70.7 Å². The molecule has 0 aromatic heterocycles. The molecule has 2 amide bonds. The highest BCUT2D eigenvalue weighted by molar-refractivity contribution is 7.98. The van der Waals surface area contributed by atoms with E-state index in [1.54, 1.807) is 16.7 Å². The lowest BCUT2D eigenvalue weighted by molar-refractivity contribution is -0.141. The molecule has 0 saturated heterocycles. The van der Waals surface area contributed by atoms with E-state index < -0.39 is 6.04 Å². The lowest BCUT2D eigenvalue weighted by Crippen LogP contribution is -2.49. The first-order valence-corrected chi connectivity index (χ1v) is 12.0. The highest BCUT2D eigenvalue weighted by atomic mass is 35.5. The van der Waals surface area contributed by atoms with Crippen molar-refractivity contribution in [1.82, 2.24) is 10.2 Å². The molecule has 2 aromatic rings. The number of hydrogen-bond donors (Lipinski definition) is 1. The van der Waals surface area contributed by atoms with E-state index in [0.717, 1.165) is 23.5 Å². The molecule has 0 saturated carbocycles. The highest BCUT2D eigenvalue weighted by Crippen LogP contribution is 2.18. The Morgan fingerprint density at radius 1 is 1.03 bits per heavy atom. The van der Waals surface area contributed by atoms with Crippen molar-refractivity contribution in [3.63, 3.8) is 0 Å². The molecule has 4 nitrogen and oxygen atoms in total. The van der Waals surface area contributed by atoms with Gasteiger partial charge in [0.05, 0.1) is 0 Å². The van der Waals surface area contributed by atoms with Crippen LogP contribution in [0.5, 0.6) is 0 Å². The van der Waals surface area contributed by atoms with Crippen LogP contribution in [-0.4, -0.2) is 35.1 Å². The fourth-order valence-corrected chi connectivity index (χ4v) is 4.16. The molecule has 0 heterocycles. The maximum atomic E-state index is 13.1. The Morgan fingerprint density at radius 3 is 2.37 bits per heavy atom. The predicted octanol–water partition coefficient (Wildman–Crippen LogP) is 5.30. The standard InChI is InChI=1S/C24H31ClN2O2S/c1-3-15-26-24(29)22(4-2)27(17-19-10-12-21(25)13-11-19)23(28)14-16-30-18-20-8-6-5-7-9-20/h5-13,22H,3-4,14-18H2,1-2H3,(H,26,29)/t22-/m0/s1. The SMILES string of the molecule is CCCNC(=O)[C@H](CC)N(Cc1ccc(Cl)cc1)C(=O)CCSCc1ccccc1. The zero-order valence-corrected chi connectivity index (χ0v) is 19.3. The Bertz CT molecular complexity index is 784. The van der Waals surface area contributed by atoms with Crippen LogP contribution in [0.2, 0.25) is 5.02 Å². The maximum absolute atomic E-state index is 13.1. The molecule has 0 aliphatic heterocycles. The van der Waals surface area contributed by atoms with Gasteiger partial charge in [-0.3, -0.25) is 9.59 Å². The predicted molar refractivity (Wildman–Crippen MR) is 127 cm³/mol. The third-order valence-corrected chi connectivity index (χ3v) is 6.06. The third-order valence-electron chi connectivity index (χ3n) is 4.77. The number of nitrogens with zero attached hydrogens (tertiary/aromatic N) is 1. The lowest BCUT2D eigenvalue weighted by atomic mass is 10.1. The summed E-state index contributed by atoms with van der Waals surface area (Å²) in [6.07, 6.45) is 1.85. The van der Waals surface area contributed by atoms with Crippen LogP contribution in [0.15, 0.2) is 54.6 Å². The van der Waals surface area contributed by atoms with E-state index in [0.29, 0.717) is 31.0 Å². The summed E-state index contributed by atoms with van der Waals surface area (Å²) in [5.41, 5.74) is 2.21. The van der Waals surface area contributed by atoms with Crippen molar-refractivity contribution in [2.24, 2.45) is 0 Å². The van der Waals surface area contributed by atoms with Gasteiger partial charge in [0.15, 0.2) is 0 Å². The number of hydrogen-bond acceptors (Lipinski definition) is 3. The number of nitrogens with one attached hydrogen (secondary N) is 1. The van der Waals surface area contributed by atoms with E-state index >= 15 is 0 Å². The van der Waals surface area contributed by atoms with Gasteiger partial charge in [-0.05, 0) is 36.1 Å². The number of carbonyl (C=O) groups excluding carboxylic acids is 2. The summed E-state index contributed by atoms with van der Waals surface area (Å²) < 4.78 is 0. The summed E-state index contributed by atoms with van der Waals surface area (Å²) in [5.74, 6) is 1.51. The van der Waals surface area contributed by atoms with Crippen molar-refractivity contribution in [2.75, 3.05) is 12.3 Å². The monoisotopic (exact) mass is 446 g/mol. The molecule has 0 spiro atoms. The number of rotatable bonds is 12. The second-order valence-electron chi connectivity index (χ2n) is 7.15. The van der Waals surface area contributed by atoms with Crippen molar-refractivity contribution in [1.29, 1.82) is 0 Å². The van der Waals surface area contributed by atoms with Gasteiger partial charge in [-0.25, -0.2) is 0 Å². The van der Waals surface area contributed by atoms with Crippen molar-refractivity contribution in [3.8, 4) is 0 Å². The maximum Gasteiger partial charge on any atom is 0.242 e. The smallest absolute Gasteiger partial charge is 0.242 e. The minimum absolute atomic E-state index is 0.00371. The number of thioether (sulfide) groups is 1. The molecule has 2 rings (SSSR count). The number of halogens is 1. The zero-order valence-electron chi connectivity index (χ0n) is 17.8. The molecule has 2 aromatic carbocycles. The molecular weight excluding hydrogens is 416 g/mol. The highest BCUT2D eigenvalue weighted by Gasteiger charge is 2.28. The Balaban J connectivity index is 2.03. The molecule has 162 valence electrons. The van der Waals surface area contributed by atoms with E-state index in [9.17, 15) is 9.59 Å². The van der Waals surface area contributed by atoms with E-state index in [1.807, 2.05) is 56.3 Å². The Morgan fingerprint density at radius 2 is 1.73 bits per heavy atom. The van der Waals surface area contributed by atoms with Crippen LogP contribution in [0.25, 0.3) is 0 Å². The van der Waals surface area contributed by atoms with Crippen molar-refractivity contribution < 1.29 is 9.59 Å². The lowest BCUT2D eigenvalue weighted by Gasteiger charge is -2.30. The average Bonchev–Trinajstić information content (AvgIpc) is 2.77. The first-order valence-electron chi connectivity index (χ1n) is 10.5. The van der Waals surface area contributed by atoms with Gasteiger partial charge in [0.1, 0.15) is 6.04 Å². The van der Waals surface area contributed by atoms with Crippen LogP contribution in [0.4, 0.5) is 0 Å². The van der Waals surface area contributed by atoms with Crippen LogP contribution in [0.1, 0.15) is 44.2 Å². The minimum atomic E-state index is -0.473. The van der Waals surface area contributed by atoms with Gasteiger partial charge < -0.3 is 10.2 Å². The fraction of sp³-hybridized carbons (Fsp3) is 0.417. The second-order valence-corrected chi connectivity index (χ2v) is 8.69. The average molecular weight is 447 g/mol. The largest absolute Gasteiger partial charge is 0.354 e. The Labute approximate surface area is 189 Å². The zero-order chi connectivity index (χ0) is 21.8. The van der Waals surface area contributed by atoms with Gasteiger partial charge in [0.2, 0.25) is 11.8 Å². The normalized spacial score (nSPS) is 11.7. The third kappa shape index (κ3) is 8.04. The first-order chi connectivity index (χ1) is 14.5. The molecule has 30 heavy (non-hydrogen) atoms. The fourth-order valence-electron chi connectivity index (χ4n) is 3.14. The van der Waals surface area contributed by atoms with Gasteiger partial charge in [0, 0.05) is 36.0 Å². The summed E-state index contributed by atoms with van der Waals surface area (Å²) in [4.78, 5) is 27.5. The molecule has 0 unspecified atom stereocenters. The molecule has 0 aliphatic rings. The summed E-state index contributed by atoms with van der Waals surface area (Å²) in [7, 11) is 0. The molecule has 1 atom stereocenters. The van der Waals surface area contributed by atoms with Gasteiger partial charge in [-0.15, -0.1) is 0 Å². The molecule has 0 radical (unpaired) electrons. The molecular formula is C24H31ClN2O2S. The van der Waals surface area contributed by atoms with Gasteiger partial charge in [-0.1, -0.05) is 67.9 Å². The van der Waals surface area contributed by atoms with Crippen LogP contribution in [-0.2, 0) is 21.9 Å². The first kappa shape index (κ1) is 24.3. The molecule has 1 N–H and O–H groups in total. The summed E-state index contributed by atoms with van der Waals surface area (Å²) >= 11 is 7.73. The summed E-state index contributed by atoms with van der Waals surface area (Å²) in [6, 6.07) is 17.2. The van der Waals surface area contributed by atoms with Gasteiger partial charge in [0.25, 0.3) is 0 Å². The van der Waals surface area contributed by atoms with Crippen LogP contribution >= 0.6 is 23.4 Å². The molecule has 6 heteroatoms.